The highest BCUT2D eigenvalue weighted by Gasteiger charge is 2.31. The molecule has 0 aromatic heterocycles. The van der Waals surface area contributed by atoms with Crippen molar-refractivity contribution in [3.8, 4) is 0 Å². The number of thiocarbonyl (C=S) groups is 1. The molecule has 1 heterocycles. The van der Waals surface area contributed by atoms with E-state index in [0.717, 1.165) is 0 Å². The molecule has 1 aliphatic heterocycles. The van der Waals surface area contributed by atoms with Crippen molar-refractivity contribution in [2.45, 2.75) is 13.0 Å². The van der Waals surface area contributed by atoms with Gasteiger partial charge in [0, 0.05) is 7.05 Å². The Kier molecular flexibility index (Phi) is 1.40. The number of ether oxygens (including phenoxy) is 1. The molecule has 1 atom stereocenters. The molecule has 1 unspecified atom stereocenters. The van der Waals surface area contributed by atoms with E-state index < -0.39 is 0 Å². The number of carbonyl (C=O) groups is 1. The van der Waals surface area contributed by atoms with E-state index in [1.54, 1.807) is 18.9 Å². The second-order valence-electron chi connectivity index (χ2n) is 1.97. The van der Waals surface area contributed by atoms with Gasteiger partial charge in [0.2, 0.25) is 0 Å². The first-order valence-corrected chi connectivity index (χ1v) is 3.02. The predicted octanol–water partition coefficient (Wildman–Crippen LogP) is 0.148. The highest BCUT2D eigenvalue weighted by Crippen LogP contribution is 2.09. The molecule has 1 saturated heterocycles. The number of carbonyl (C=O) groups excluding carboxylic acids is 1. The van der Waals surface area contributed by atoms with Crippen LogP contribution in [-0.2, 0) is 9.53 Å². The fourth-order valence-corrected chi connectivity index (χ4v) is 0.800. The van der Waals surface area contributed by atoms with Crippen LogP contribution in [0, 0.1) is 0 Å². The quantitative estimate of drug-likeness (QED) is 0.358. The summed E-state index contributed by atoms with van der Waals surface area (Å²) in [7, 11) is 1.73. The monoisotopic (exact) mass is 145 g/mol. The number of rotatable bonds is 0. The normalized spacial score (nSPS) is 26.9. The van der Waals surface area contributed by atoms with Gasteiger partial charge in [0.05, 0.1) is 0 Å². The lowest BCUT2D eigenvalue weighted by Gasteiger charge is -2.08. The van der Waals surface area contributed by atoms with Crippen molar-refractivity contribution in [2.24, 2.45) is 0 Å². The largest absolute Gasteiger partial charge is 0.397 e. The lowest BCUT2D eigenvalue weighted by molar-refractivity contribution is -0.134. The van der Waals surface area contributed by atoms with Crippen molar-refractivity contribution in [2.75, 3.05) is 7.05 Å². The SMILES string of the molecule is CC1C(=O)OC(=S)N1C. The molecule has 0 aliphatic carbocycles. The van der Waals surface area contributed by atoms with Crippen LogP contribution in [0.3, 0.4) is 0 Å². The number of likely N-dealkylation sites (N-methyl/N-ethyl adjacent to an activating group) is 1. The summed E-state index contributed by atoms with van der Waals surface area (Å²) in [4.78, 5) is 12.3. The summed E-state index contributed by atoms with van der Waals surface area (Å²) in [6.07, 6.45) is 0. The van der Waals surface area contributed by atoms with E-state index in [4.69, 9.17) is 0 Å². The topological polar surface area (TPSA) is 29.5 Å². The molecule has 0 aromatic carbocycles. The van der Waals surface area contributed by atoms with Gasteiger partial charge in [-0.1, -0.05) is 0 Å². The smallest absolute Gasteiger partial charge is 0.335 e. The summed E-state index contributed by atoms with van der Waals surface area (Å²) in [6, 6.07) is -0.211. The van der Waals surface area contributed by atoms with Gasteiger partial charge in [-0.2, -0.15) is 0 Å². The highest BCUT2D eigenvalue weighted by molar-refractivity contribution is 7.80. The number of nitrogens with zero attached hydrogens (tertiary/aromatic N) is 1. The Morgan fingerprint density at radius 3 is 2.44 bits per heavy atom. The molecule has 0 radical (unpaired) electrons. The first-order chi connectivity index (χ1) is 4.13. The average molecular weight is 145 g/mol. The van der Waals surface area contributed by atoms with Gasteiger partial charge in [-0.25, -0.2) is 4.79 Å². The van der Waals surface area contributed by atoms with Crippen LogP contribution in [0.1, 0.15) is 6.92 Å². The van der Waals surface area contributed by atoms with E-state index in [2.05, 4.69) is 17.0 Å². The Labute approximate surface area is 58.6 Å². The average Bonchev–Trinajstić information content (AvgIpc) is 1.98. The second kappa shape index (κ2) is 1.95. The Morgan fingerprint density at radius 1 is 1.78 bits per heavy atom. The summed E-state index contributed by atoms with van der Waals surface area (Å²) in [5, 5.41) is 0.271. The van der Waals surface area contributed by atoms with Crippen LogP contribution in [-0.4, -0.2) is 29.1 Å². The molecule has 9 heavy (non-hydrogen) atoms. The molecule has 0 spiro atoms. The molecule has 0 bridgehead atoms. The first kappa shape index (κ1) is 6.48. The van der Waals surface area contributed by atoms with Gasteiger partial charge in [0.1, 0.15) is 6.04 Å². The van der Waals surface area contributed by atoms with E-state index >= 15 is 0 Å². The Hall–Kier alpha value is -0.640. The third kappa shape index (κ3) is 0.896. The third-order valence-electron chi connectivity index (χ3n) is 1.40. The van der Waals surface area contributed by atoms with Crippen LogP contribution in [0.15, 0.2) is 0 Å². The lowest BCUT2D eigenvalue weighted by Crippen LogP contribution is -2.27. The van der Waals surface area contributed by atoms with Gasteiger partial charge in [-0.15, -0.1) is 0 Å². The van der Waals surface area contributed by atoms with Crippen molar-refractivity contribution < 1.29 is 9.53 Å². The van der Waals surface area contributed by atoms with E-state index in [1.165, 1.54) is 0 Å². The molecule has 0 N–H and O–H groups in total. The number of hydrogen-bond acceptors (Lipinski definition) is 3. The van der Waals surface area contributed by atoms with Crippen LogP contribution in [0.5, 0.6) is 0 Å². The van der Waals surface area contributed by atoms with Crippen LogP contribution in [0.4, 0.5) is 0 Å². The van der Waals surface area contributed by atoms with Crippen molar-refractivity contribution in [3.05, 3.63) is 0 Å². The lowest BCUT2D eigenvalue weighted by atomic mass is 10.3. The fraction of sp³-hybridized carbons (Fsp3) is 0.600. The van der Waals surface area contributed by atoms with E-state index in [-0.39, 0.29) is 17.2 Å². The number of cyclic esters (lactones) is 1. The summed E-state index contributed by atoms with van der Waals surface area (Å²) in [6.45, 7) is 1.75. The summed E-state index contributed by atoms with van der Waals surface area (Å²) < 4.78 is 4.60. The van der Waals surface area contributed by atoms with Crippen LogP contribution >= 0.6 is 12.2 Å². The molecule has 3 nitrogen and oxygen atoms in total. The van der Waals surface area contributed by atoms with Crippen LogP contribution in [0.2, 0.25) is 0 Å². The Balaban J connectivity index is 2.77. The Bertz CT molecular complexity index is 150. The maximum atomic E-state index is 10.6. The molecule has 0 saturated carbocycles. The molecule has 0 amide bonds. The Morgan fingerprint density at radius 2 is 2.33 bits per heavy atom. The summed E-state index contributed by atoms with van der Waals surface area (Å²) >= 11 is 4.68. The van der Waals surface area contributed by atoms with Crippen molar-refractivity contribution in [1.82, 2.24) is 4.90 Å². The molecule has 1 aliphatic rings. The summed E-state index contributed by atoms with van der Waals surface area (Å²) in [5.41, 5.74) is 0. The van der Waals surface area contributed by atoms with E-state index in [1.807, 2.05) is 0 Å². The van der Waals surface area contributed by atoms with Crippen LogP contribution in [0.25, 0.3) is 0 Å². The zero-order valence-electron chi connectivity index (χ0n) is 5.25. The maximum absolute atomic E-state index is 10.6. The molecule has 1 rings (SSSR count). The van der Waals surface area contributed by atoms with Gasteiger partial charge < -0.3 is 9.64 Å². The number of esters is 1. The molecular formula is C5H7NO2S. The molecule has 50 valence electrons. The fourth-order valence-electron chi connectivity index (χ4n) is 0.560. The molecule has 4 heteroatoms. The van der Waals surface area contributed by atoms with Crippen LogP contribution < -0.4 is 0 Å². The van der Waals surface area contributed by atoms with Gasteiger partial charge in [0.25, 0.3) is 5.17 Å². The minimum absolute atomic E-state index is 0.211. The maximum Gasteiger partial charge on any atom is 0.335 e. The number of hydrogen-bond donors (Lipinski definition) is 0. The second-order valence-corrected chi connectivity index (χ2v) is 2.32. The molecule has 1 fully saturated rings. The standard InChI is InChI=1S/C5H7NO2S/c1-3-4(7)8-5(9)6(3)2/h3H,1-2H3. The zero-order chi connectivity index (χ0) is 7.02. The minimum Gasteiger partial charge on any atom is -0.397 e. The van der Waals surface area contributed by atoms with Gasteiger partial charge in [-0.3, -0.25) is 0 Å². The van der Waals surface area contributed by atoms with Gasteiger partial charge in [0.15, 0.2) is 0 Å². The van der Waals surface area contributed by atoms with E-state index in [0.29, 0.717) is 0 Å². The van der Waals surface area contributed by atoms with Crippen molar-refractivity contribution in [3.63, 3.8) is 0 Å². The van der Waals surface area contributed by atoms with Gasteiger partial charge in [-0.05, 0) is 19.1 Å². The zero-order valence-corrected chi connectivity index (χ0v) is 6.07. The third-order valence-corrected chi connectivity index (χ3v) is 1.77. The van der Waals surface area contributed by atoms with Gasteiger partial charge >= 0.3 is 5.97 Å². The van der Waals surface area contributed by atoms with E-state index in [9.17, 15) is 4.79 Å². The summed E-state index contributed by atoms with van der Waals surface area (Å²) in [5.74, 6) is -0.262. The molecule has 0 aromatic rings. The van der Waals surface area contributed by atoms with Crippen molar-refractivity contribution in [1.29, 1.82) is 0 Å². The van der Waals surface area contributed by atoms with Crippen molar-refractivity contribution >= 4 is 23.4 Å². The predicted molar refractivity (Wildman–Crippen MR) is 35.9 cm³/mol. The highest BCUT2D eigenvalue weighted by atomic mass is 32.1. The molecular weight excluding hydrogens is 138 g/mol. The first-order valence-electron chi connectivity index (χ1n) is 2.61. The minimum atomic E-state index is -0.262.